The Morgan fingerprint density at radius 2 is 1.65 bits per heavy atom. The zero-order valence-corrected chi connectivity index (χ0v) is 13.4. The molecule has 4 nitrogen and oxygen atoms in total. The van der Waals surface area contributed by atoms with Gasteiger partial charge < -0.3 is 14.8 Å². The molecule has 0 radical (unpaired) electrons. The first-order valence-corrected chi connectivity index (χ1v) is 8.50. The van der Waals surface area contributed by atoms with E-state index >= 15 is 0 Å². The summed E-state index contributed by atoms with van der Waals surface area (Å²) < 4.78 is 11.5. The predicted octanol–water partition coefficient (Wildman–Crippen LogP) is 2.38. The van der Waals surface area contributed by atoms with Gasteiger partial charge in [-0.25, -0.2) is 0 Å². The maximum atomic E-state index is 5.74. The summed E-state index contributed by atoms with van der Waals surface area (Å²) in [6.07, 6.45) is 6.44. The van der Waals surface area contributed by atoms with E-state index in [-0.39, 0.29) is 6.29 Å². The molecule has 1 N–H and O–H groups in total. The van der Waals surface area contributed by atoms with E-state index in [1.165, 1.54) is 32.1 Å². The molecule has 0 aromatic carbocycles. The van der Waals surface area contributed by atoms with Crippen LogP contribution in [0.5, 0.6) is 0 Å². The summed E-state index contributed by atoms with van der Waals surface area (Å²) in [5, 5.41) is 3.73. The zero-order valence-electron chi connectivity index (χ0n) is 13.4. The lowest BCUT2D eigenvalue weighted by Crippen LogP contribution is -2.50. The van der Waals surface area contributed by atoms with Crippen molar-refractivity contribution in [1.82, 2.24) is 10.2 Å². The molecule has 20 heavy (non-hydrogen) atoms. The molecule has 4 heteroatoms. The maximum absolute atomic E-state index is 5.74. The number of piperidine rings is 1. The van der Waals surface area contributed by atoms with Gasteiger partial charge in [-0.2, -0.15) is 0 Å². The summed E-state index contributed by atoms with van der Waals surface area (Å²) in [7, 11) is 0. The van der Waals surface area contributed by atoms with Crippen LogP contribution in [0.4, 0.5) is 0 Å². The highest BCUT2D eigenvalue weighted by molar-refractivity contribution is 4.95. The van der Waals surface area contributed by atoms with Gasteiger partial charge in [0.05, 0.1) is 0 Å². The van der Waals surface area contributed by atoms with Gasteiger partial charge in [-0.1, -0.05) is 6.92 Å². The predicted molar refractivity (Wildman–Crippen MR) is 81.9 cm³/mol. The summed E-state index contributed by atoms with van der Waals surface area (Å²) in [6, 6.07) is 2.20. The van der Waals surface area contributed by atoms with Crippen molar-refractivity contribution in [1.29, 1.82) is 0 Å². The summed E-state index contributed by atoms with van der Waals surface area (Å²) in [6.45, 7) is 9.87. The fourth-order valence-corrected chi connectivity index (χ4v) is 3.75. The van der Waals surface area contributed by atoms with Crippen LogP contribution in [0.3, 0.4) is 0 Å². The molecular weight excluding hydrogens is 252 g/mol. The molecule has 118 valence electrons. The first kappa shape index (κ1) is 16.2. The van der Waals surface area contributed by atoms with E-state index in [0.29, 0.717) is 6.04 Å². The quantitative estimate of drug-likeness (QED) is 0.659. The number of nitrogens with one attached hydrogen (secondary N) is 1. The zero-order chi connectivity index (χ0) is 14.4. The van der Waals surface area contributed by atoms with Crippen molar-refractivity contribution in [2.24, 2.45) is 0 Å². The Balaban J connectivity index is 1.91. The molecule has 0 aromatic rings. The van der Waals surface area contributed by atoms with Crippen molar-refractivity contribution in [3.63, 3.8) is 0 Å². The SMILES string of the molecule is CCCN(CC(OCC)OCC)C1CC2CCC(C1)N2. The molecule has 0 aliphatic carbocycles. The molecule has 0 spiro atoms. The Bertz CT molecular complexity index is 257. The van der Waals surface area contributed by atoms with E-state index in [4.69, 9.17) is 9.47 Å². The fourth-order valence-electron chi connectivity index (χ4n) is 3.75. The Kier molecular flexibility index (Phi) is 6.75. The molecule has 0 aromatic heterocycles. The molecule has 2 saturated heterocycles. The number of nitrogens with zero attached hydrogens (tertiary/aromatic N) is 1. The van der Waals surface area contributed by atoms with Crippen molar-refractivity contribution >= 4 is 0 Å². The fraction of sp³-hybridized carbons (Fsp3) is 1.00. The molecule has 2 aliphatic heterocycles. The lowest BCUT2D eigenvalue weighted by molar-refractivity contribution is -0.151. The maximum Gasteiger partial charge on any atom is 0.170 e. The van der Waals surface area contributed by atoms with Gasteiger partial charge in [0.15, 0.2) is 6.29 Å². The highest BCUT2D eigenvalue weighted by atomic mass is 16.7. The standard InChI is InChI=1S/C16H32N2O2/c1-4-9-18(12-16(19-5-2)20-6-3)15-10-13-7-8-14(11-15)17-13/h13-17H,4-12H2,1-3H3. The number of rotatable bonds is 9. The second-order valence-electron chi connectivity index (χ2n) is 6.10. The van der Waals surface area contributed by atoms with E-state index in [1.807, 2.05) is 13.8 Å². The largest absolute Gasteiger partial charge is 0.352 e. The Morgan fingerprint density at radius 1 is 1.05 bits per heavy atom. The van der Waals surface area contributed by atoms with Gasteiger partial charge in [0, 0.05) is 37.9 Å². The second kappa shape index (κ2) is 8.32. The van der Waals surface area contributed by atoms with Crippen LogP contribution >= 0.6 is 0 Å². The van der Waals surface area contributed by atoms with Crippen LogP contribution in [0.1, 0.15) is 52.9 Å². The molecule has 2 fully saturated rings. The van der Waals surface area contributed by atoms with Crippen LogP contribution < -0.4 is 5.32 Å². The minimum atomic E-state index is -0.0657. The average Bonchev–Trinajstić information content (AvgIpc) is 2.77. The molecule has 2 rings (SSSR count). The Morgan fingerprint density at radius 3 is 2.15 bits per heavy atom. The number of hydrogen-bond acceptors (Lipinski definition) is 4. The summed E-state index contributed by atoms with van der Waals surface area (Å²) in [5.41, 5.74) is 0. The van der Waals surface area contributed by atoms with Gasteiger partial charge in [-0.05, 0) is 52.5 Å². The monoisotopic (exact) mass is 284 g/mol. The normalized spacial score (nSPS) is 29.6. The van der Waals surface area contributed by atoms with E-state index in [0.717, 1.165) is 38.4 Å². The van der Waals surface area contributed by atoms with E-state index in [9.17, 15) is 0 Å². The summed E-state index contributed by atoms with van der Waals surface area (Å²) in [5.74, 6) is 0. The van der Waals surface area contributed by atoms with Crippen molar-refractivity contribution in [2.75, 3.05) is 26.3 Å². The van der Waals surface area contributed by atoms with Crippen molar-refractivity contribution < 1.29 is 9.47 Å². The summed E-state index contributed by atoms with van der Waals surface area (Å²) in [4.78, 5) is 2.61. The van der Waals surface area contributed by atoms with Crippen LogP contribution in [0.25, 0.3) is 0 Å². The van der Waals surface area contributed by atoms with Gasteiger partial charge in [0.1, 0.15) is 0 Å². The topological polar surface area (TPSA) is 33.7 Å². The molecular formula is C16H32N2O2. The van der Waals surface area contributed by atoms with Crippen molar-refractivity contribution in [3.8, 4) is 0 Å². The minimum absolute atomic E-state index is 0.0657. The lowest BCUT2D eigenvalue weighted by atomic mass is 9.98. The van der Waals surface area contributed by atoms with Gasteiger partial charge in [0.25, 0.3) is 0 Å². The van der Waals surface area contributed by atoms with Crippen LogP contribution in [-0.4, -0.2) is 55.6 Å². The second-order valence-corrected chi connectivity index (χ2v) is 6.10. The molecule has 2 atom stereocenters. The van der Waals surface area contributed by atoms with Gasteiger partial charge in [-0.3, -0.25) is 4.90 Å². The van der Waals surface area contributed by atoms with Crippen LogP contribution in [-0.2, 0) is 9.47 Å². The smallest absolute Gasteiger partial charge is 0.170 e. The molecule has 2 heterocycles. The van der Waals surface area contributed by atoms with Crippen molar-refractivity contribution in [2.45, 2.75) is 77.3 Å². The van der Waals surface area contributed by atoms with E-state index in [2.05, 4.69) is 17.1 Å². The highest BCUT2D eigenvalue weighted by Crippen LogP contribution is 2.30. The number of hydrogen-bond donors (Lipinski definition) is 1. The number of fused-ring (bicyclic) bond motifs is 2. The number of ether oxygens (including phenoxy) is 2. The molecule has 2 unspecified atom stereocenters. The lowest BCUT2D eigenvalue weighted by Gasteiger charge is -2.39. The van der Waals surface area contributed by atoms with Crippen LogP contribution in [0.2, 0.25) is 0 Å². The molecule has 0 amide bonds. The van der Waals surface area contributed by atoms with Gasteiger partial charge in [0.2, 0.25) is 0 Å². The van der Waals surface area contributed by atoms with Crippen LogP contribution in [0, 0.1) is 0 Å². The Labute approximate surface area is 124 Å². The molecule has 2 aliphatic rings. The summed E-state index contributed by atoms with van der Waals surface area (Å²) >= 11 is 0. The van der Waals surface area contributed by atoms with E-state index < -0.39 is 0 Å². The van der Waals surface area contributed by atoms with Crippen molar-refractivity contribution in [3.05, 3.63) is 0 Å². The average molecular weight is 284 g/mol. The van der Waals surface area contributed by atoms with E-state index in [1.54, 1.807) is 0 Å². The van der Waals surface area contributed by atoms with Gasteiger partial charge >= 0.3 is 0 Å². The first-order valence-electron chi connectivity index (χ1n) is 8.50. The Hall–Kier alpha value is -0.160. The van der Waals surface area contributed by atoms with Gasteiger partial charge in [-0.15, -0.1) is 0 Å². The third kappa shape index (κ3) is 4.42. The van der Waals surface area contributed by atoms with Crippen LogP contribution in [0.15, 0.2) is 0 Å². The highest BCUT2D eigenvalue weighted by Gasteiger charge is 2.36. The third-order valence-corrected chi connectivity index (χ3v) is 4.56. The molecule has 2 bridgehead atoms. The molecule has 0 saturated carbocycles. The third-order valence-electron chi connectivity index (χ3n) is 4.56. The first-order chi connectivity index (χ1) is 9.76. The minimum Gasteiger partial charge on any atom is -0.352 e.